The lowest BCUT2D eigenvalue weighted by Crippen LogP contribution is -1.88. The molecule has 0 aliphatic rings. The summed E-state index contributed by atoms with van der Waals surface area (Å²) in [5.74, 6) is 1.94. The number of hydrogen-bond acceptors (Lipinski definition) is 4. The van der Waals surface area contributed by atoms with Crippen molar-refractivity contribution in [1.29, 1.82) is 0 Å². The molecular weight excluding hydrogens is 188 g/mol. The molecule has 1 aromatic heterocycles. The molecule has 0 unspecified atom stereocenters. The number of aromatic nitrogens is 2. The van der Waals surface area contributed by atoms with Crippen molar-refractivity contribution in [3.05, 3.63) is 5.01 Å². The van der Waals surface area contributed by atoms with Crippen LogP contribution >= 0.6 is 23.1 Å². The summed E-state index contributed by atoms with van der Waals surface area (Å²) < 4.78 is 1.10. The van der Waals surface area contributed by atoms with Gasteiger partial charge in [0.2, 0.25) is 0 Å². The first-order valence-electron chi connectivity index (χ1n) is 4.11. The van der Waals surface area contributed by atoms with Gasteiger partial charge in [0.1, 0.15) is 5.01 Å². The van der Waals surface area contributed by atoms with Gasteiger partial charge in [0.05, 0.1) is 0 Å². The van der Waals surface area contributed by atoms with E-state index in [1.165, 1.54) is 6.42 Å². The molecule has 0 bridgehead atoms. The fourth-order valence-corrected chi connectivity index (χ4v) is 2.84. The minimum absolute atomic E-state index is 0.784. The molecule has 1 heterocycles. The van der Waals surface area contributed by atoms with Gasteiger partial charge in [-0.1, -0.05) is 36.9 Å². The summed E-state index contributed by atoms with van der Waals surface area (Å²) in [6.07, 6.45) is 1.25. The van der Waals surface area contributed by atoms with E-state index in [1.807, 2.05) is 18.7 Å². The normalized spacial score (nSPS) is 11.0. The van der Waals surface area contributed by atoms with Gasteiger partial charge in [-0.05, 0) is 19.3 Å². The van der Waals surface area contributed by atoms with Crippen molar-refractivity contribution < 1.29 is 0 Å². The fraction of sp³-hybridized carbons (Fsp3) is 0.750. The number of aryl methyl sites for hydroxylation is 1. The Bertz CT molecular complexity index is 233. The van der Waals surface area contributed by atoms with Gasteiger partial charge in [0.25, 0.3) is 0 Å². The average molecular weight is 202 g/mol. The standard InChI is InChI=1S/C8H14N2S2/c1-6(2)4-5-11-8-10-9-7(3)12-8/h6H,4-5H2,1-3H3. The summed E-state index contributed by atoms with van der Waals surface area (Å²) in [7, 11) is 0. The maximum Gasteiger partial charge on any atom is 0.174 e. The smallest absolute Gasteiger partial charge is 0.143 e. The van der Waals surface area contributed by atoms with Crippen LogP contribution in [0, 0.1) is 12.8 Å². The summed E-state index contributed by atoms with van der Waals surface area (Å²) >= 11 is 3.49. The molecule has 0 saturated carbocycles. The Morgan fingerprint density at radius 2 is 2.17 bits per heavy atom. The first-order valence-corrected chi connectivity index (χ1v) is 5.91. The van der Waals surface area contributed by atoms with Gasteiger partial charge in [0.15, 0.2) is 4.34 Å². The molecule has 1 aromatic rings. The minimum Gasteiger partial charge on any atom is -0.143 e. The Kier molecular flexibility index (Phi) is 4.01. The third kappa shape index (κ3) is 3.54. The van der Waals surface area contributed by atoms with E-state index in [-0.39, 0.29) is 0 Å². The van der Waals surface area contributed by atoms with E-state index in [0.717, 1.165) is 21.0 Å². The molecule has 0 aromatic carbocycles. The molecule has 0 atom stereocenters. The van der Waals surface area contributed by atoms with Gasteiger partial charge >= 0.3 is 0 Å². The highest BCUT2D eigenvalue weighted by Crippen LogP contribution is 2.23. The predicted octanol–water partition coefficient (Wildman–Crippen LogP) is 2.98. The molecule has 0 N–H and O–H groups in total. The lowest BCUT2D eigenvalue weighted by Gasteiger charge is -2.00. The van der Waals surface area contributed by atoms with Crippen molar-refractivity contribution in [3.8, 4) is 0 Å². The molecule has 12 heavy (non-hydrogen) atoms. The second-order valence-corrected chi connectivity index (χ2v) is 5.64. The lowest BCUT2D eigenvalue weighted by molar-refractivity contribution is 0.632. The molecular formula is C8H14N2S2. The molecule has 68 valence electrons. The minimum atomic E-state index is 0.784. The lowest BCUT2D eigenvalue weighted by atomic mass is 10.2. The Balaban J connectivity index is 2.24. The SMILES string of the molecule is Cc1nnc(SCCC(C)C)s1. The zero-order valence-electron chi connectivity index (χ0n) is 7.70. The van der Waals surface area contributed by atoms with E-state index < -0.39 is 0 Å². The van der Waals surface area contributed by atoms with Crippen LogP contribution in [-0.4, -0.2) is 16.0 Å². The zero-order chi connectivity index (χ0) is 8.97. The largest absolute Gasteiger partial charge is 0.174 e. The van der Waals surface area contributed by atoms with Crippen LogP contribution in [0.1, 0.15) is 25.3 Å². The summed E-state index contributed by atoms with van der Waals surface area (Å²) in [6.45, 7) is 6.47. The third-order valence-electron chi connectivity index (χ3n) is 1.43. The first kappa shape index (κ1) is 9.99. The van der Waals surface area contributed by atoms with E-state index in [2.05, 4.69) is 24.0 Å². The van der Waals surface area contributed by atoms with Crippen LogP contribution in [0.5, 0.6) is 0 Å². The van der Waals surface area contributed by atoms with Crippen LogP contribution in [0.25, 0.3) is 0 Å². The van der Waals surface area contributed by atoms with Gasteiger partial charge in [-0.3, -0.25) is 0 Å². The maximum absolute atomic E-state index is 4.04. The van der Waals surface area contributed by atoms with Crippen molar-refractivity contribution in [2.24, 2.45) is 5.92 Å². The summed E-state index contributed by atoms with van der Waals surface area (Å²) in [5.41, 5.74) is 0. The Hall–Kier alpha value is -0.0900. The highest BCUT2D eigenvalue weighted by molar-refractivity contribution is 8.01. The van der Waals surface area contributed by atoms with Crippen molar-refractivity contribution in [1.82, 2.24) is 10.2 Å². The number of nitrogens with zero attached hydrogens (tertiary/aromatic N) is 2. The highest BCUT2D eigenvalue weighted by atomic mass is 32.2. The van der Waals surface area contributed by atoms with E-state index in [9.17, 15) is 0 Å². The summed E-state index contributed by atoms with van der Waals surface area (Å²) in [6, 6.07) is 0. The topological polar surface area (TPSA) is 25.8 Å². The summed E-state index contributed by atoms with van der Waals surface area (Å²) in [4.78, 5) is 0. The molecule has 0 aliphatic heterocycles. The van der Waals surface area contributed by atoms with Crippen molar-refractivity contribution in [3.63, 3.8) is 0 Å². The second kappa shape index (κ2) is 4.82. The predicted molar refractivity (Wildman–Crippen MR) is 54.8 cm³/mol. The molecule has 0 spiro atoms. The molecule has 0 fully saturated rings. The van der Waals surface area contributed by atoms with Crippen molar-refractivity contribution in [2.45, 2.75) is 31.5 Å². The van der Waals surface area contributed by atoms with E-state index in [4.69, 9.17) is 0 Å². The Labute approximate surface area is 81.8 Å². The molecule has 4 heteroatoms. The fourth-order valence-electron chi connectivity index (χ4n) is 0.719. The van der Waals surface area contributed by atoms with Crippen molar-refractivity contribution in [2.75, 3.05) is 5.75 Å². The van der Waals surface area contributed by atoms with Crippen LogP contribution in [0.2, 0.25) is 0 Å². The number of hydrogen-bond donors (Lipinski definition) is 0. The highest BCUT2D eigenvalue weighted by Gasteiger charge is 2.01. The second-order valence-electron chi connectivity index (χ2n) is 3.12. The molecule has 0 amide bonds. The van der Waals surface area contributed by atoms with Gasteiger partial charge in [-0.2, -0.15) is 0 Å². The molecule has 0 radical (unpaired) electrons. The molecule has 0 saturated heterocycles. The van der Waals surface area contributed by atoms with Gasteiger partial charge in [0, 0.05) is 5.75 Å². The van der Waals surface area contributed by atoms with Gasteiger partial charge < -0.3 is 0 Å². The van der Waals surface area contributed by atoms with Crippen molar-refractivity contribution >= 4 is 23.1 Å². The quantitative estimate of drug-likeness (QED) is 0.702. The van der Waals surface area contributed by atoms with Crippen LogP contribution in [0.4, 0.5) is 0 Å². The monoisotopic (exact) mass is 202 g/mol. The molecule has 0 aliphatic carbocycles. The van der Waals surface area contributed by atoms with Crippen LogP contribution < -0.4 is 0 Å². The number of rotatable bonds is 4. The van der Waals surface area contributed by atoms with Gasteiger partial charge in [-0.25, -0.2) is 0 Å². The van der Waals surface area contributed by atoms with Crippen LogP contribution in [0.3, 0.4) is 0 Å². The maximum atomic E-state index is 4.04. The van der Waals surface area contributed by atoms with E-state index in [0.29, 0.717) is 0 Å². The average Bonchev–Trinajstić information content (AvgIpc) is 2.35. The van der Waals surface area contributed by atoms with Crippen LogP contribution in [0.15, 0.2) is 4.34 Å². The Morgan fingerprint density at radius 3 is 2.67 bits per heavy atom. The molecule has 2 nitrogen and oxygen atoms in total. The number of thioether (sulfide) groups is 1. The van der Waals surface area contributed by atoms with E-state index >= 15 is 0 Å². The van der Waals surface area contributed by atoms with Gasteiger partial charge in [-0.15, -0.1) is 10.2 Å². The summed E-state index contributed by atoms with van der Waals surface area (Å²) in [5, 5.41) is 9.06. The molecule has 1 rings (SSSR count). The van der Waals surface area contributed by atoms with E-state index in [1.54, 1.807) is 11.3 Å². The zero-order valence-corrected chi connectivity index (χ0v) is 9.34. The Morgan fingerprint density at radius 1 is 1.42 bits per heavy atom. The van der Waals surface area contributed by atoms with Crippen LogP contribution in [-0.2, 0) is 0 Å². The third-order valence-corrected chi connectivity index (χ3v) is 3.43. The first-order chi connectivity index (χ1) is 5.68.